The maximum absolute atomic E-state index is 11.1. The van der Waals surface area contributed by atoms with Gasteiger partial charge in [-0.15, -0.1) is 0 Å². The normalized spacial score (nSPS) is 11.0. The SMILES string of the molecule is COc1ccc(C=C(C)C(=O)C(=O)O)cc1. The van der Waals surface area contributed by atoms with Crippen molar-refractivity contribution in [3.63, 3.8) is 0 Å². The van der Waals surface area contributed by atoms with Crippen molar-refractivity contribution in [2.24, 2.45) is 0 Å². The smallest absolute Gasteiger partial charge is 0.376 e. The minimum atomic E-state index is -1.44. The van der Waals surface area contributed by atoms with Crippen molar-refractivity contribution < 1.29 is 19.4 Å². The van der Waals surface area contributed by atoms with Crippen LogP contribution in [0.15, 0.2) is 29.8 Å². The van der Waals surface area contributed by atoms with Crippen molar-refractivity contribution in [2.75, 3.05) is 7.11 Å². The summed E-state index contributed by atoms with van der Waals surface area (Å²) < 4.78 is 4.98. The molecule has 0 aliphatic heterocycles. The molecule has 1 rings (SSSR count). The Kier molecular flexibility index (Phi) is 3.83. The Balaban J connectivity index is 2.90. The van der Waals surface area contributed by atoms with Gasteiger partial charge in [0.15, 0.2) is 0 Å². The van der Waals surface area contributed by atoms with E-state index < -0.39 is 11.8 Å². The minimum Gasteiger partial charge on any atom is -0.497 e. The van der Waals surface area contributed by atoms with Crippen LogP contribution in [0.25, 0.3) is 6.08 Å². The Morgan fingerprint density at radius 2 is 1.81 bits per heavy atom. The lowest BCUT2D eigenvalue weighted by Crippen LogP contribution is -2.13. The first-order valence-electron chi connectivity index (χ1n) is 4.64. The van der Waals surface area contributed by atoms with Gasteiger partial charge in [0.1, 0.15) is 5.75 Å². The fraction of sp³-hybridized carbons (Fsp3) is 0.167. The Hall–Kier alpha value is -2.10. The first kappa shape index (κ1) is 12.0. The molecule has 84 valence electrons. The zero-order chi connectivity index (χ0) is 12.1. The van der Waals surface area contributed by atoms with Gasteiger partial charge in [0.25, 0.3) is 5.78 Å². The van der Waals surface area contributed by atoms with Crippen molar-refractivity contribution in [3.05, 3.63) is 35.4 Å². The maximum atomic E-state index is 11.1. The second-order valence-electron chi connectivity index (χ2n) is 3.23. The maximum Gasteiger partial charge on any atom is 0.376 e. The van der Waals surface area contributed by atoms with Gasteiger partial charge in [-0.2, -0.15) is 0 Å². The first-order valence-corrected chi connectivity index (χ1v) is 4.64. The van der Waals surface area contributed by atoms with Crippen molar-refractivity contribution in [2.45, 2.75) is 6.92 Å². The summed E-state index contributed by atoms with van der Waals surface area (Å²) in [7, 11) is 1.56. The molecule has 16 heavy (non-hydrogen) atoms. The number of hydrogen-bond donors (Lipinski definition) is 1. The molecule has 0 saturated carbocycles. The van der Waals surface area contributed by atoms with Gasteiger partial charge in [-0.3, -0.25) is 4.79 Å². The molecule has 0 aromatic heterocycles. The number of carboxylic acid groups (broad SMARTS) is 1. The van der Waals surface area contributed by atoms with Crippen molar-refractivity contribution >= 4 is 17.8 Å². The van der Waals surface area contributed by atoms with Crippen LogP contribution in [0.4, 0.5) is 0 Å². The summed E-state index contributed by atoms with van der Waals surface area (Å²) in [5.74, 6) is -1.63. The largest absolute Gasteiger partial charge is 0.497 e. The zero-order valence-corrected chi connectivity index (χ0v) is 9.06. The van der Waals surface area contributed by atoms with Crippen LogP contribution >= 0.6 is 0 Å². The number of methoxy groups -OCH3 is 1. The van der Waals surface area contributed by atoms with E-state index in [4.69, 9.17) is 9.84 Å². The number of carbonyl (C=O) groups excluding carboxylic acids is 1. The van der Waals surface area contributed by atoms with Gasteiger partial charge >= 0.3 is 5.97 Å². The second kappa shape index (κ2) is 5.11. The molecule has 1 N–H and O–H groups in total. The highest BCUT2D eigenvalue weighted by Crippen LogP contribution is 2.14. The third kappa shape index (κ3) is 2.95. The number of Topliss-reactive ketones (excluding diaryl/α,β-unsaturated/α-hetero) is 1. The molecule has 0 aliphatic rings. The molecule has 0 fully saturated rings. The molecule has 0 radical (unpaired) electrons. The highest BCUT2D eigenvalue weighted by molar-refractivity contribution is 6.40. The average molecular weight is 220 g/mol. The zero-order valence-electron chi connectivity index (χ0n) is 9.06. The number of benzene rings is 1. The molecular formula is C12H12O4. The van der Waals surface area contributed by atoms with Gasteiger partial charge in [-0.25, -0.2) is 4.79 Å². The quantitative estimate of drug-likeness (QED) is 0.620. The van der Waals surface area contributed by atoms with E-state index in [-0.39, 0.29) is 5.57 Å². The molecule has 0 atom stereocenters. The Labute approximate surface area is 93.2 Å². The van der Waals surface area contributed by atoms with Crippen LogP contribution in [-0.2, 0) is 9.59 Å². The number of rotatable bonds is 4. The number of ketones is 1. The van der Waals surface area contributed by atoms with Gasteiger partial charge < -0.3 is 9.84 Å². The summed E-state index contributed by atoms with van der Waals surface area (Å²) in [5, 5.41) is 8.50. The van der Waals surface area contributed by atoms with Crippen LogP contribution in [0.1, 0.15) is 12.5 Å². The summed E-state index contributed by atoms with van der Waals surface area (Å²) in [6, 6.07) is 6.98. The third-order valence-electron chi connectivity index (χ3n) is 2.05. The van der Waals surface area contributed by atoms with E-state index in [1.54, 1.807) is 31.4 Å². The van der Waals surface area contributed by atoms with Crippen molar-refractivity contribution in [1.82, 2.24) is 0 Å². The second-order valence-corrected chi connectivity index (χ2v) is 3.23. The first-order chi connectivity index (χ1) is 7.54. The van der Waals surface area contributed by atoms with Crippen LogP contribution in [0.2, 0.25) is 0 Å². The Morgan fingerprint density at radius 1 is 1.25 bits per heavy atom. The summed E-state index contributed by atoms with van der Waals surface area (Å²) in [6.45, 7) is 1.47. The topological polar surface area (TPSA) is 63.6 Å². The van der Waals surface area contributed by atoms with Crippen LogP contribution < -0.4 is 4.74 Å². The summed E-state index contributed by atoms with van der Waals surface area (Å²) in [4.78, 5) is 21.5. The molecule has 0 saturated heterocycles. The fourth-order valence-corrected chi connectivity index (χ4v) is 1.18. The lowest BCUT2D eigenvalue weighted by molar-refractivity contribution is -0.147. The lowest BCUT2D eigenvalue weighted by Gasteiger charge is -2.00. The Morgan fingerprint density at radius 3 is 2.25 bits per heavy atom. The van der Waals surface area contributed by atoms with Gasteiger partial charge in [0, 0.05) is 5.57 Å². The molecule has 0 amide bonds. The average Bonchev–Trinajstić information content (AvgIpc) is 2.28. The third-order valence-corrected chi connectivity index (χ3v) is 2.05. The van der Waals surface area contributed by atoms with E-state index in [9.17, 15) is 9.59 Å². The van der Waals surface area contributed by atoms with Crippen LogP contribution in [-0.4, -0.2) is 24.0 Å². The van der Waals surface area contributed by atoms with Gasteiger partial charge in [-0.05, 0) is 30.7 Å². The van der Waals surface area contributed by atoms with Crippen molar-refractivity contribution in [1.29, 1.82) is 0 Å². The highest BCUT2D eigenvalue weighted by atomic mass is 16.5. The van der Waals surface area contributed by atoms with E-state index in [0.717, 1.165) is 5.56 Å². The highest BCUT2D eigenvalue weighted by Gasteiger charge is 2.12. The van der Waals surface area contributed by atoms with E-state index in [1.807, 2.05) is 0 Å². The molecule has 0 spiro atoms. The van der Waals surface area contributed by atoms with Gasteiger partial charge in [-0.1, -0.05) is 12.1 Å². The lowest BCUT2D eigenvalue weighted by atomic mass is 10.1. The van der Waals surface area contributed by atoms with E-state index in [2.05, 4.69) is 0 Å². The summed E-state index contributed by atoms with van der Waals surface area (Å²) in [5.41, 5.74) is 0.950. The van der Waals surface area contributed by atoms with Gasteiger partial charge in [0.2, 0.25) is 0 Å². The van der Waals surface area contributed by atoms with Crippen molar-refractivity contribution in [3.8, 4) is 5.75 Å². The minimum absolute atomic E-state index is 0.192. The fourth-order valence-electron chi connectivity index (χ4n) is 1.18. The number of carboxylic acids is 1. The Bertz CT molecular complexity index is 429. The van der Waals surface area contributed by atoms with E-state index >= 15 is 0 Å². The molecule has 0 unspecified atom stereocenters. The molecule has 4 nitrogen and oxygen atoms in total. The van der Waals surface area contributed by atoms with Crippen LogP contribution in [0, 0.1) is 0 Å². The predicted octanol–water partition coefficient (Wildman–Crippen LogP) is 1.75. The molecular weight excluding hydrogens is 208 g/mol. The molecule has 0 heterocycles. The molecule has 0 aliphatic carbocycles. The monoisotopic (exact) mass is 220 g/mol. The summed E-state index contributed by atoms with van der Waals surface area (Å²) >= 11 is 0. The van der Waals surface area contributed by atoms with Gasteiger partial charge in [0.05, 0.1) is 7.11 Å². The number of ether oxygens (including phenoxy) is 1. The molecule has 4 heteroatoms. The van der Waals surface area contributed by atoms with E-state index in [1.165, 1.54) is 13.0 Å². The number of hydrogen-bond acceptors (Lipinski definition) is 3. The predicted molar refractivity (Wildman–Crippen MR) is 59.3 cm³/mol. The number of aliphatic carboxylic acids is 1. The number of carbonyl (C=O) groups is 2. The van der Waals surface area contributed by atoms with E-state index in [0.29, 0.717) is 5.75 Å². The van der Waals surface area contributed by atoms with Crippen LogP contribution in [0.3, 0.4) is 0 Å². The molecule has 0 bridgehead atoms. The van der Waals surface area contributed by atoms with Crippen LogP contribution in [0.5, 0.6) is 5.75 Å². The summed E-state index contributed by atoms with van der Waals surface area (Å²) in [6.07, 6.45) is 1.52. The molecule has 1 aromatic rings. The molecule has 1 aromatic carbocycles. The standard InChI is InChI=1S/C12H12O4/c1-8(11(13)12(14)15)7-9-3-5-10(16-2)6-4-9/h3-7H,1-2H3,(H,14,15).